The quantitative estimate of drug-likeness (QED) is 0.0547. The highest BCUT2D eigenvalue weighted by Crippen LogP contribution is 2.24. The van der Waals surface area contributed by atoms with Crippen LogP contribution >= 0.6 is 0 Å². The Bertz CT molecular complexity index is 2290. The van der Waals surface area contributed by atoms with Crippen LogP contribution in [0.2, 0.25) is 0 Å². The van der Waals surface area contributed by atoms with Crippen LogP contribution in [0.4, 0.5) is 13.2 Å². The number of ketones is 1. The van der Waals surface area contributed by atoms with E-state index in [2.05, 4.69) is 31.9 Å². The lowest BCUT2D eigenvalue weighted by molar-refractivity contribution is -0.154. The number of hydrogen-bond acceptors (Lipinski definition) is 11. The first-order chi connectivity index (χ1) is 33.4. The van der Waals surface area contributed by atoms with Crippen molar-refractivity contribution in [2.45, 2.75) is 148 Å². The Morgan fingerprint density at radius 1 is 0.556 bits per heavy atom. The van der Waals surface area contributed by atoms with Gasteiger partial charge in [-0.1, -0.05) is 89.2 Å². The molecule has 72 heavy (non-hydrogen) atoms. The Morgan fingerprint density at radius 3 is 1.61 bits per heavy atom. The maximum Gasteiger partial charge on any atom is 0.391 e. The van der Waals surface area contributed by atoms with Gasteiger partial charge in [0.2, 0.25) is 41.2 Å². The summed E-state index contributed by atoms with van der Waals surface area (Å²) in [5.41, 5.74) is 0.441. The molecule has 24 heteroatoms. The molecule has 0 radical (unpaired) electrons. The number of aliphatic carboxylic acids is 3. The van der Waals surface area contributed by atoms with Crippen molar-refractivity contribution in [3.8, 4) is 0 Å². The molecule has 0 aromatic heterocycles. The molecule has 0 aliphatic carbocycles. The van der Waals surface area contributed by atoms with Crippen molar-refractivity contribution >= 4 is 65.0 Å². The van der Waals surface area contributed by atoms with Gasteiger partial charge >= 0.3 is 24.1 Å². The average Bonchev–Trinajstić information content (AvgIpc) is 3.27. The van der Waals surface area contributed by atoms with E-state index in [1.807, 2.05) is 5.32 Å². The van der Waals surface area contributed by atoms with Gasteiger partial charge in [0.15, 0.2) is 0 Å². The molecular formula is C48H64F3N7O14. The highest BCUT2D eigenvalue weighted by atomic mass is 19.4. The number of nitrogens with one attached hydrogen (secondary N) is 7. The highest BCUT2D eigenvalue weighted by molar-refractivity contribution is 6.38. The van der Waals surface area contributed by atoms with Crippen LogP contribution in [0.3, 0.4) is 0 Å². The molecule has 0 bridgehead atoms. The number of halogens is 3. The molecule has 2 aromatic carbocycles. The fourth-order valence-corrected chi connectivity index (χ4v) is 7.06. The number of rotatable bonds is 28. The zero-order valence-electron chi connectivity index (χ0n) is 40.9. The predicted octanol–water partition coefficient (Wildman–Crippen LogP) is 2.14. The number of carbonyl (C=O) groups is 11. The minimum atomic E-state index is -5.05. The van der Waals surface area contributed by atoms with Gasteiger partial charge < -0.3 is 52.5 Å². The SMILES string of the molecule is Cc1ccccc1C[C@H](NC(=O)[C@H](CCC(=O)O)NC(=O)[C@H](CC(=O)O)NC(=O)CCC(=O)O)C(=O)N[C@H](C(=O)N[C@@H](CC(C)C)C(=O)N[C@H](CC(F)(F)F)C(=O)C(=O)N[C@H](C)c1ccccc1)C(C)(C)C. The van der Waals surface area contributed by atoms with E-state index in [0.717, 1.165) is 0 Å². The first kappa shape index (κ1) is 60.7. The van der Waals surface area contributed by atoms with Crippen LogP contribution < -0.4 is 37.2 Å². The third-order valence-corrected chi connectivity index (χ3v) is 10.9. The lowest BCUT2D eigenvalue weighted by Gasteiger charge is -2.34. The highest BCUT2D eigenvalue weighted by Gasteiger charge is 2.42. The van der Waals surface area contributed by atoms with Crippen molar-refractivity contribution in [1.82, 2.24) is 37.2 Å². The molecule has 0 aliphatic rings. The van der Waals surface area contributed by atoms with Gasteiger partial charge in [0.25, 0.3) is 5.91 Å². The third kappa shape index (κ3) is 21.7. The summed E-state index contributed by atoms with van der Waals surface area (Å²) >= 11 is 0. The van der Waals surface area contributed by atoms with Crippen LogP contribution in [0.15, 0.2) is 54.6 Å². The second-order valence-corrected chi connectivity index (χ2v) is 18.6. The second kappa shape index (κ2) is 27.8. The Hall–Kier alpha value is -7.40. The van der Waals surface area contributed by atoms with E-state index in [1.165, 1.54) is 27.7 Å². The lowest BCUT2D eigenvalue weighted by atomic mass is 9.85. The molecule has 21 nitrogen and oxygen atoms in total. The normalized spacial score (nSPS) is 14.4. The van der Waals surface area contributed by atoms with Crippen molar-refractivity contribution in [1.29, 1.82) is 0 Å². The largest absolute Gasteiger partial charge is 0.481 e. The Balaban J connectivity index is 2.50. The second-order valence-electron chi connectivity index (χ2n) is 18.6. The number of amides is 7. The smallest absolute Gasteiger partial charge is 0.391 e. The minimum absolute atomic E-state index is 0.207. The number of hydrogen-bond donors (Lipinski definition) is 10. The summed E-state index contributed by atoms with van der Waals surface area (Å²) in [5, 5.41) is 43.9. The fourth-order valence-electron chi connectivity index (χ4n) is 7.06. The molecule has 2 rings (SSSR count). The van der Waals surface area contributed by atoms with Gasteiger partial charge in [0, 0.05) is 19.3 Å². The first-order valence-corrected chi connectivity index (χ1v) is 22.9. The van der Waals surface area contributed by atoms with Gasteiger partial charge in [-0.25, -0.2) is 0 Å². The molecule has 0 fully saturated rings. The number of benzene rings is 2. The zero-order chi connectivity index (χ0) is 54.7. The maximum absolute atomic E-state index is 14.4. The maximum atomic E-state index is 14.4. The number of alkyl halides is 3. The van der Waals surface area contributed by atoms with Crippen LogP contribution in [0.5, 0.6) is 0 Å². The van der Waals surface area contributed by atoms with Gasteiger partial charge in [-0.05, 0) is 54.7 Å². The van der Waals surface area contributed by atoms with Gasteiger partial charge in [0.05, 0.1) is 25.3 Å². The Kier molecular flexibility index (Phi) is 23.5. The molecule has 7 amide bonds. The zero-order valence-corrected chi connectivity index (χ0v) is 40.9. The molecule has 0 saturated heterocycles. The summed E-state index contributed by atoms with van der Waals surface area (Å²) in [6.07, 6.45) is -11.2. The molecule has 0 saturated carbocycles. The first-order valence-electron chi connectivity index (χ1n) is 22.9. The number of Topliss-reactive ketones (excluding diaryl/α,β-unsaturated/α-hetero) is 1. The van der Waals surface area contributed by atoms with Crippen LogP contribution in [0.25, 0.3) is 0 Å². The average molecular weight is 1020 g/mol. The fraction of sp³-hybridized carbons (Fsp3) is 0.521. The van der Waals surface area contributed by atoms with E-state index in [1.54, 1.807) is 75.4 Å². The molecule has 2 aromatic rings. The van der Waals surface area contributed by atoms with E-state index < -0.39 is 163 Å². The minimum Gasteiger partial charge on any atom is -0.481 e. The summed E-state index contributed by atoms with van der Waals surface area (Å²) in [7, 11) is 0. The van der Waals surface area contributed by atoms with Crippen LogP contribution in [0.1, 0.15) is 109 Å². The van der Waals surface area contributed by atoms with E-state index in [4.69, 9.17) is 5.11 Å². The summed E-state index contributed by atoms with van der Waals surface area (Å²) < 4.78 is 41.6. The molecule has 10 N–H and O–H groups in total. The summed E-state index contributed by atoms with van der Waals surface area (Å²) in [6, 6.07) is 3.09. The van der Waals surface area contributed by atoms with Gasteiger partial charge in [-0.2, -0.15) is 13.2 Å². The number of carboxylic acid groups (broad SMARTS) is 3. The van der Waals surface area contributed by atoms with E-state index in [0.29, 0.717) is 16.7 Å². The summed E-state index contributed by atoms with van der Waals surface area (Å²) in [5.74, 6) is -14.6. The van der Waals surface area contributed by atoms with Gasteiger partial charge in [-0.15, -0.1) is 0 Å². The molecule has 0 spiro atoms. The van der Waals surface area contributed by atoms with E-state index in [9.17, 15) is 76.1 Å². The van der Waals surface area contributed by atoms with Crippen LogP contribution in [-0.4, -0.2) is 123 Å². The lowest BCUT2D eigenvalue weighted by Crippen LogP contribution is -2.62. The van der Waals surface area contributed by atoms with Crippen molar-refractivity contribution < 1.29 is 81.2 Å². The molecule has 0 unspecified atom stereocenters. The molecule has 0 heterocycles. The Morgan fingerprint density at radius 2 is 1.07 bits per heavy atom. The third-order valence-electron chi connectivity index (χ3n) is 10.9. The number of carboxylic acids is 3. The summed E-state index contributed by atoms with van der Waals surface area (Å²) in [4.78, 5) is 143. The molecular weight excluding hydrogens is 956 g/mol. The predicted molar refractivity (Wildman–Crippen MR) is 250 cm³/mol. The topological polar surface area (TPSA) is 333 Å². The van der Waals surface area contributed by atoms with E-state index in [-0.39, 0.29) is 12.8 Å². The van der Waals surface area contributed by atoms with Crippen LogP contribution in [0, 0.1) is 18.3 Å². The number of aryl methyl sites for hydroxylation is 1. The van der Waals surface area contributed by atoms with Crippen LogP contribution in [-0.2, 0) is 59.2 Å². The van der Waals surface area contributed by atoms with Crippen molar-refractivity contribution in [2.75, 3.05) is 0 Å². The monoisotopic (exact) mass is 1020 g/mol. The van der Waals surface area contributed by atoms with Crippen molar-refractivity contribution in [2.24, 2.45) is 11.3 Å². The van der Waals surface area contributed by atoms with E-state index >= 15 is 0 Å². The summed E-state index contributed by atoms with van der Waals surface area (Å²) in [6.45, 7) is 11.0. The van der Waals surface area contributed by atoms with Gasteiger partial charge in [-0.3, -0.25) is 52.7 Å². The standard InChI is InChI=1S/C48H64F3N7O14/c1-25(2)21-31(42(68)57-34(24-48(49,50)51)39(66)45(71)52-27(4)28-14-9-8-10-15-28)56-46(72)40(47(5,6)7)58-44(70)32(22-29-16-12-11-13-26(29)3)55-41(67)30(17-19-36(60)61)54-43(69)33(23-38(64)65)53-35(59)18-20-37(62)63/h8-16,25,27,30-34,40H,17-24H2,1-7H3,(H,52,71)(H,53,59)(H,54,69)(H,55,67)(H,56,72)(H,57,68)(H,58,70)(H,60,61)(H,62,63)(H,64,65)/t27-,30+,31+,32+,33+,34-,40-/m1/s1. The van der Waals surface area contributed by atoms with Crippen molar-refractivity contribution in [3.05, 3.63) is 71.3 Å². The number of carbonyl (C=O) groups excluding carboxylic acids is 8. The molecule has 396 valence electrons. The Labute approximate surface area is 413 Å². The molecule has 7 atom stereocenters. The molecule has 0 aliphatic heterocycles. The van der Waals surface area contributed by atoms with Crippen molar-refractivity contribution in [3.63, 3.8) is 0 Å². The van der Waals surface area contributed by atoms with Gasteiger partial charge in [0.1, 0.15) is 36.3 Å².